The SMILES string of the molecule is CCNc1nc(Cl)ncc1C(F)(F)F. The lowest BCUT2D eigenvalue weighted by molar-refractivity contribution is -0.137. The number of halogens is 4. The number of alkyl halides is 3. The Kier molecular flexibility index (Phi) is 3.15. The van der Waals surface area contributed by atoms with Crippen molar-refractivity contribution < 1.29 is 13.2 Å². The van der Waals surface area contributed by atoms with Gasteiger partial charge in [0.1, 0.15) is 11.4 Å². The summed E-state index contributed by atoms with van der Waals surface area (Å²) in [5.74, 6) is -0.292. The van der Waals surface area contributed by atoms with Crippen molar-refractivity contribution in [1.82, 2.24) is 9.97 Å². The minimum absolute atomic E-state index is 0.214. The third-order valence-corrected chi connectivity index (χ3v) is 1.59. The quantitative estimate of drug-likeness (QED) is 0.786. The standard InChI is InChI=1S/C7H7ClF3N3/c1-2-12-5-4(7(9,10)11)3-13-6(8)14-5/h3H,2H2,1H3,(H,12,13,14). The fraction of sp³-hybridized carbons (Fsp3) is 0.429. The second-order valence-electron chi connectivity index (χ2n) is 2.43. The molecule has 0 spiro atoms. The van der Waals surface area contributed by atoms with Crippen LogP contribution in [0, 0.1) is 0 Å². The first-order valence-corrected chi connectivity index (χ1v) is 4.16. The number of hydrogen-bond donors (Lipinski definition) is 1. The van der Waals surface area contributed by atoms with Gasteiger partial charge in [-0.25, -0.2) is 9.97 Å². The molecule has 0 radical (unpaired) electrons. The molecule has 78 valence electrons. The maximum Gasteiger partial charge on any atom is 0.421 e. The Labute approximate surface area is 83.3 Å². The summed E-state index contributed by atoms with van der Waals surface area (Å²) in [6.45, 7) is 1.99. The zero-order chi connectivity index (χ0) is 10.8. The summed E-state index contributed by atoms with van der Waals surface area (Å²) in [5.41, 5.74) is -0.913. The molecule has 0 bridgehead atoms. The second kappa shape index (κ2) is 4.00. The van der Waals surface area contributed by atoms with Crippen molar-refractivity contribution in [3.8, 4) is 0 Å². The largest absolute Gasteiger partial charge is 0.421 e. The van der Waals surface area contributed by atoms with E-state index in [1.807, 2.05) is 0 Å². The average molecular weight is 226 g/mol. The second-order valence-corrected chi connectivity index (χ2v) is 2.77. The summed E-state index contributed by atoms with van der Waals surface area (Å²) >= 11 is 5.37. The van der Waals surface area contributed by atoms with Crippen molar-refractivity contribution in [2.24, 2.45) is 0 Å². The molecule has 0 aliphatic heterocycles. The number of hydrogen-bond acceptors (Lipinski definition) is 3. The Morgan fingerprint density at radius 1 is 1.50 bits per heavy atom. The van der Waals surface area contributed by atoms with Gasteiger partial charge in [-0.05, 0) is 18.5 Å². The van der Waals surface area contributed by atoms with E-state index in [-0.39, 0.29) is 11.1 Å². The highest BCUT2D eigenvalue weighted by molar-refractivity contribution is 6.28. The summed E-state index contributed by atoms with van der Waals surface area (Å²) < 4.78 is 37.0. The summed E-state index contributed by atoms with van der Waals surface area (Å²) in [7, 11) is 0. The van der Waals surface area contributed by atoms with Gasteiger partial charge in [-0.15, -0.1) is 0 Å². The van der Waals surface area contributed by atoms with Crippen LogP contribution in [0.5, 0.6) is 0 Å². The van der Waals surface area contributed by atoms with E-state index in [1.165, 1.54) is 0 Å². The lowest BCUT2D eigenvalue weighted by Crippen LogP contribution is -2.13. The minimum Gasteiger partial charge on any atom is -0.370 e. The van der Waals surface area contributed by atoms with Crippen molar-refractivity contribution in [1.29, 1.82) is 0 Å². The van der Waals surface area contributed by atoms with Crippen LogP contribution in [0.15, 0.2) is 6.20 Å². The van der Waals surface area contributed by atoms with Crippen molar-refractivity contribution in [2.75, 3.05) is 11.9 Å². The molecule has 0 aromatic carbocycles. The Morgan fingerprint density at radius 2 is 2.14 bits per heavy atom. The fourth-order valence-corrected chi connectivity index (χ4v) is 1.00. The molecule has 14 heavy (non-hydrogen) atoms. The number of nitrogens with one attached hydrogen (secondary N) is 1. The number of nitrogens with zero attached hydrogens (tertiary/aromatic N) is 2. The van der Waals surface area contributed by atoms with Crippen molar-refractivity contribution in [2.45, 2.75) is 13.1 Å². The molecule has 0 fully saturated rings. The Hall–Kier alpha value is -1.04. The van der Waals surface area contributed by atoms with Gasteiger partial charge in [0.2, 0.25) is 5.28 Å². The van der Waals surface area contributed by atoms with Gasteiger partial charge < -0.3 is 5.32 Å². The van der Waals surface area contributed by atoms with E-state index in [0.717, 1.165) is 0 Å². The lowest BCUT2D eigenvalue weighted by atomic mass is 10.3. The minimum atomic E-state index is -4.47. The van der Waals surface area contributed by atoms with Crippen LogP contribution >= 0.6 is 11.6 Å². The third kappa shape index (κ3) is 2.47. The van der Waals surface area contributed by atoms with Gasteiger partial charge in [0, 0.05) is 12.7 Å². The Morgan fingerprint density at radius 3 is 2.64 bits per heavy atom. The summed E-state index contributed by atoms with van der Waals surface area (Å²) in [5, 5.41) is 2.25. The zero-order valence-electron chi connectivity index (χ0n) is 7.19. The van der Waals surface area contributed by atoms with Crippen molar-refractivity contribution in [3.63, 3.8) is 0 Å². The van der Waals surface area contributed by atoms with Crippen LogP contribution in [0.4, 0.5) is 19.0 Å². The predicted octanol–water partition coefficient (Wildman–Crippen LogP) is 2.58. The molecule has 0 saturated carbocycles. The van der Waals surface area contributed by atoms with Crippen LogP contribution in [0.2, 0.25) is 5.28 Å². The maximum absolute atomic E-state index is 12.3. The van der Waals surface area contributed by atoms with Crippen molar-refractivity contribution in [3.05, 3.63) is 17.0 Å². The van der Waals surface area contributed by atoms with Crippen LogP contribution in [0.25, 0.3) is 0 Å². The molecule has 0 unspecified atom stereocenters. The number of aromatic nitrogens is 2. The van der Waals surface area contributed by atoms with Crippen LogP contribution in [-0.4, -0.2) is 16.5 Å². The summed E-state index contributed by atoms with van der Waals surface area (Å²) in [6, 6.07) is 0. The molecule has 1 heterocycles. The maximum atomic E-state index is 12.3. The molecule has 0 saturated heterocycles. The van der Waals surface area contributed by atoms with E-state index >= 15 is 0 Å². The van der Waals surface area contributed by atoms with E-state index in [1.54, 1.807) is 6.92 Å². The molecule has 1 aromatic rings. The monoisotopic (exact) mass is 225 g/mol. The van der Waals surface area contributed by atoms with Gasteiger partial charge in [-0.3, -0.25) is 0 Å². The molecule has 1 N–H and O–H groups in total. The summed E-state index contributed by atoms with van der Waals surface area (Å²) in [6.07, 6.45) is -3.81. The Balaban J connectivity index is 3.15. The van der Waals surface area contributed by atoms with Gasteiger partial charge in [0.05, 0.1) is 0 Å². The highest BCUT2D eigenvalue weighted by Crippen LogP contribution is 2.33. The average Bonchev–Trinajstić information content (AvgIpc) is 2.02. The van der Waals surface area contributed by atoms with Crippen LogP contribution in [-0.2, 0) is 6.18 Å². The molecule has 0 aliphatic carbocycles. The number of rotatable bonds is 2. The smallest absolute Gasteiger partial charge is 0.370 e. The van der Waals surface area contributed by atoms with Gasteiger partial charge in [0.25, 0.3) is 0 Å². The van der Waals surface area contributed by atoms with Gasteiger partial charge in [-0.2, -0.15) is 13.2 Å². The molecular weight excluding hydrogens is 219 g/mol. The molecule has 3 nitrogen and oxygen atoms in total. The molecule has 1 rings (SSSR count). The molecular formula is C7H7ClF3N3. The fourth-order valence-electron chi connectivity index (χ4n) is 0.870. The molecule has 0 atom stereocenters. The zero-order valence-corrected chi connectivity index (χ0v) is 7.95. The van der Waals surface area contributed by atoms with E-state index in [2.05, 4.69) is 15.3 Å². The molecule has 0 amide bonds. The highest BCUT2D eigenvalue weighted by atomic mass is 35.5. The van der Waals surface area contributed by atoms with Gasteiger partial charge in [-0.1, -0.05) is 0 Å². The lowest BCUT2D eigenvalue weighted by Gasteiger charge is -2.11. The first-order valence-electron chi connectivity index (χ1n) is 3.78. The van der Waals surface area contributed by atoms with E-state index < -0.39 is 11.7 Å². The molecule has 7 heteroatoms. The summed E-state index contributed by atoms with van der Waals surface area (Å²) in [4.78, 5) is 6.74. The van der Waals surface area contributed by atoms with Crippen LogP contribution < -0.4 is 5.32 Å². The Bertz CT molecular complexity index is 326. The van der Waals surface area contributed by atoms with Crippen LogP contribution in [0.1, 0.15) is 12.5 Å². The van der Waals surface area contributed by atoms with Gasteiger partial charge in [0.15, 0.2) is 0 Å². The molecule has 0 aliphatic rings. The normalized spacial score (nSPS) is 11.5. The van der Waals surface area contributed by atoms with E-state index in [9.17, 15) is 13.2 Å². The first-order chi connectivity index (χ1) is 6.45. The number of anilines is 1. The predicted molar refractivity (Wildman–Crippen MR) is 46.2 cm³/mol. The highest BCUT2D eigenvalue weighted by Gasteiger charge is 2.34. The van der Waals surface area contributed by atoms with Crippen molar-refractivity contribution >= 4 is 17.4 Å². The van der Waals surface area contributed by atoms with E-state index in [4.69, 9.17) is 11.6 Å². The molecule has 1 aromatic heterocycles. The topological polar surface area (TPSA) is 37.8 Å². The van der Waals surface area contributed by atoms with E-state index in [0.29, 0.717) is 12.7 Å². The third-order valence-electron chi connectivity index (χ3n) is 1.41. The van der Waals surface area contributed by atoms with Gasteiger partial charge >= 0.3 is 6.18 Å². The van der Waals surface area contributed by atoms with Crippen LogP contribution in [0.3, 0.4) is 0 Å². The first kappa shape index (κ1) is 11.0.